The van der Waals surface area contributed by atoms with Crippen LogP contribution in [-0.2, 0) is 11.3 Å². The molecule has 0 radical (unpaired) electrons. The number of nitrogens with one attached hydrogen (secondary N) is 2. The molecule has 1 aliphatic rings. The third-order valence-electron chi connectivity index (χ3n) is 3.95. The van der Waals surface area contributed by atoms with Crippen LogP contribution >= 0.6 is 0 Å². The van der Waals surface area contributed by atoms with Crippen LogP contribution in [0.2, 0.25) is 0 Å². The summed E-state index contributed by atoms with van der Waals surface area (Å²) in [6, 6.07) is 3.42. The number of hydrogen-bond acceptors (Lipinski definition) is 2. The van der Waals surface area contributed by atoms with Crippen molar-refractivity contribution < 1.29 is 13.5 Å². The van der Waals surface area contributed by atoms with Crippen LogP contribution < -0.4 is 10.6 Å². The Kier molecular flexibility index (Phi) is 7.26. The molecule has 0 spiro atoms. The van der Waals surface area contributed by atoms with Crippen molar-refractivity contribution in [3.63, 3.8) is 0 Å². The second kappa shape index (κ2) is 9.45. The molecule has 2 N–H and O–H groups in total. The minimum absolute atomic E-state index is 0.182. The highest BCUT2D eigenvalue weighted by Crippen LogP contribution is 2.20. The molecule has 0 heterocycles. The summed E-state index contributed by atoms with van der Waals surface area (Å²) in [5.74, 6) is -0.316. The maximum Gasteiger partial charge on any atom is 0.191 e. The second-order valence-electron chi connectivity index (χ2n) is 5.72. The summed E-state index contributed by atoms with van der Waals surface area (Å²) in [7, 11) is 1.65. The summed E-state index contributed by atoms with van der Waals surface area (Å²) in [6.45, 7) is 1.63. The Morgan fingerprint density at radius 3 is 2.78 bits per heavy atom. The molecular weight excluding hydrogens is 300 g/mol. The lowest BCUT2D eigenvalue weighted by molar-refractivity contribution is 0.0574. The lowest BCUT2D eigenvalue weighted by Crippen LogP contribution is -2.37. The lowest BCUT2D eigenvalue weighted by atomic mass is 10.2. The molecule has 1 fully saturated rings. The van der Waals surface area contributed by atoms with Crippen molar-refractivity contribution in [3.05, 3.63) is 35.4 Å². The van der Waals surface area contributed by atoms with E-state index in [1.54, 1.807) is 7.05 Å². The fourth-order valence-corrected chi connectivity index (χ4v) is 2.66. The highest BCUT2D eigenvalue weighted by Gasteiger charge is 2.14. The molecule has 0 aliphatic heterocycles. The molecule has 0 unspecified atom stereocenters. The van der Waals surface area contributed by atoms with Crippen molar-refractivity contribution in [2.75, 3.05) is 20.2 Å². The van der Waals surface area contributed by atoms with E-state index in [0.29, 0.717) is 12.1 Å². The van der Waals surface area contributed by atoms with Crippen molar-refractivity contribution in [2.24, 2.45) is 4.99 Å². The SMILES string of the molecule is CN=C(NCCCOC1CCCC1)NCc1cc(F)ccc1F. The summed E-state index contributed by atoms with van der Waals surface area (Å²) in [5, 5.41) is 6.12. The van der Waals surface area contributed by atoms with Crippen LogP contribution in [0.25, 0.3) is 0 Å². The number of aliphatic imine (C=N–C) groups is 1. The number of nitrogens with zero attached hydrogens (tertiary/aromatic N) is 1. The van der Waals surface area contributed by atoms with Crippen LogP contribution in [0.15, 0.2) is 23.2 Å². The van der Waals surface area contributed by atoms with Crippen LogP contribution in [0.1, 0.15) is 37.7 Å². The molecule has 1 aromatic rings. The third-order valence-corrected chi connectivity index (χ3v) is 3.95. The molecule has 2 rings (SSSR count). The van der Waals surface area contributed by atoms with Crippen molar-refractivity contribution in [1.29, 1.82) is 0 Å². The zero-order valence-corrected chi connectivity index (χ0v) is 13.6. The van der Waals surface area contributed by atoms with Gasteiger partial charge < -0.3 is 15.4 Å². The van der Waals surface area contributed by atoms with E-state index in [0.717, 1.165) is 31.7 Å². The van der Waals surface area contributed by atoms with Crippen molar-refractivity contribution in [2.45, 2.75) is 44.8 Å². The Morgan fingerprint density at radius 1 is 1.26 bits per heavy atom. The maximum absolute atomic E-state index is 13.5. The summed E-state index contributed by atoms with van der Waals surface area (Å²) in [4.78, 5) is 4.07. The normalized spacial score (nSPS) is 15.9. The highest BCUT2D eigenvalue weighted by molar-refractivity contribution is 5.79. The van der Waals surface area contributed by atoms with Gasteiger partial charge >= 0.3 is 0 Å². The molecule has 4 nitrogen and oxygen atoms in total. The molecule has 0 bridgehead atoms. The lowest BCUT2D eigenvalue weighted by Gasteiger charge is -2.14. The van der Waals surface area contributed by atoms with E-state index >= 15 is 0 Å². The van der Waals surface area contributed by atoms with Gasteiger partial charge in [0.05, 0.1) is 6.10 Å². The Bertz CT molecular complexity index is 517. The predicted octanol–water partition coefficient (Wildman–Crippen LogP) is 2.98. The largest absolute Gasteiger partial charge is 0.378 e. The summed E-state index contributed by atoms with van der Waals surface area (Å²) in [5.41, 5.74) is 0.275. The average molecular weight is 325 g/mol. The molecule has 1 saturated carbocycles. The second-order valence-corrected chi connectivity index (χ2v) is 5.72. The molecule has 0 aromatic heterocycles. The molecule has 128 valence electrons. The van der Waals surface area contributed by atoms with Gasteiger partial charge in [0, 0.05) is 32.3 Å². The standard InChI is InChI=1S/C17H25F2N3O/c1-20-17(21-9-4-10-23-15-5-2-3-6-15)22-12-13-11-14(18)7-8-16(13)19/h7-8,11,15H,2-6,9-10,12H2,1H3,(H2,20,21,22). The van der Waals surface area contributed by atoms with Crippen LogP contribution in [0.5, 0.6) is 0 Å². The smallest absolute Gasteiger partial charge is 0.191 e. The number of guanidine groups is 1. The minimum Gasteiger partial charge on any atom is -0.378 e. The number of halogens is 2. The van der Waals surface area contributed by atoms with Gasteiger partial charge in [-0.1, -0.05) is 12.8 Å². The quantitative estimate of drug-likeness (QED) is 0.460. The summed E-state index contributed by atoms with van der Waals surface area (Å²) in [6.07, 6.45) is 6.21. The Labute approximate surface area is 136 Å². The number of rotatable bonds is 7. The first-order valence-electron chi connectivity index (χ1n) is 8.19. The van der Waals surface area contributed by atoms with E-state index in [-0.39, 0.29) is 12.1 Å². The van der Waals surface area contributed by atoms with Crippen molar-refractivity contribution in [3.8, 4) is 0 Å². The molecule has 0 amide bonds. The zero-order valence-electron chi connectivity index (χ0n) is 13.6. The monoisotopic (exact) mass is 325 g/mol. The fraction of sp³-hybridized carbons (Fsp3) is 0.588. The molecule has 1 aromatic carbocycles. The Hall–Kier alpha value is -1.69. The minimum atomic E-state index is -0.449. The van der Waals surface area contributed by atoms with Gasteiger partial charge in [0.1, 0.15) is 11.6 Å². The van der Waals surface area contributed by atoms with Gasteiger partial charge in [0.25, 0.3) is 0 Å². The molecule has 23 heavy (non-hydrogen) atoms. The summed E-state index contributed by atoms with van der Waals surface area (Å²) >= 11 is 0. The maximum atomic E-state index is 13.5. The van der Waals surface area contributed by atoms with E-state index in [9.17, 15) is 8.78 Å². The molecular formula is C17H25F2N3O. The Morgan fingerprint density at radius 2 is 2.04 bits per heavy atom. The van der Waals surface area contributed by atoms with Gasteiger partial charge in [-0.15, -0.1) is 0 Å². The zero-order chi connectivity index (χ0) is 16.5. The highest BCUT2D eigenvalue weighted by atomic mass is 19.1. The van der Waals surface area contributed by atoms with E-state index < -0.39 is 11.6 Å². The number of hydrogen-bond donors (Lipinski definition) is 2. The fourth-order valence-electron chi connectivity index (χ4n) is 2.66. The number of ether oxygens (including phenoxy) is 1. The Balaban J connectivity index is 1.64. The first-order valence-corrected chi connectivity index (χ1v) is 8.19. The van der Waals surface area contributed by atoms with Crippen LogP contribution in [-0.4, -0.2) is 32.3 Å². The van der Waals surface area contributed by atoms with Crippen molar-refractivity contribution in [1.82, 2.24) is 10.6 Å². The van der Waals surface area contributed by atoms with E-state index in [1.807, 2.05) is 0 Å². The average Bonchev–Trinajstić information content (AvgIpc) is 3.06. The number of benzene rings is 1. The van der Waals surface area contributed by atoms with Crippen LogP contribution in [0, 0.1) is 11.6 Å². The van der Waals surface area contributed by atoms with Gasteiger partial charge in [-0.3, -0.25) is 4.99 Å². The van der Waals surface area contributed by atoms with Crippen LogP contribution in [0.4, 0.5) is 8.78 Å². The van der Waals surface area contributed by atoms with Gasteiger partial charge in [-0.25, -0.2) is 8.78 Å². The predicted molar refractivity (Wildman–Crippen MR) is 87.4 cm³/mol. The molecule has 0 atom stereocenters. The van der Waals surface area contributed by atoms with Gasteiger partial charge in [0.15, 0.2) is 5.96 Å². The first kappa shape index (κ1) is 17.7. The van der Waals surface area contributed by atoms with E-state index in [2.05, 4.69) is 15.6 Å². The summed E-state index contributed by atoms with van der Waals surface area (Å²) < 4.78 is 32.4. The topological polar surface area (TPSA) is 45.7 Å². The van der Waals surface area contributed by atoms with Crippen LogP contribution in [0.3, 0.4) is 0 Å². The molecule has 6 heteroatoms. The molecule has 1 aliphatic carbocycles. The molecule has 0 saturated heterocycles. The van der Waals surface area contributed by atoms with Crippen molar-refractivity contribution >= 4 is 5.96 Å². The van der Waals surface area contributed by atoms with Gasteiger partial charge in [-0.05, 0) is 37.5 Å². The van der Waals surface area contributed by atoms with E-state index in [4.69, 9.17) is 4.74 Å². The van der Waals surface area contributed by atoms with Gasteiger partial charge in [-0.2, -0.15) is 0 Å². The van der Waals surface area contributed by atoms with Gasteiger partial charge in [0.2, 0.25) is 0 Å². The third kappa shape index (κ3) is 6.14. The van der Waals surface area contributed by atoms with E-state index in [1.165, 1.54) is 31.7 Å². The first-order chi connectivity index (χ1) is 11.2.